The first-order chi connectivity index (χ1) is 14.9. The molecule has 31 heavy (non-hydrogen) atoms. The Kier molecular flexibility index (Phi) is 5.13. The summed E-state index contributed by atoms with van der Waals surface area (Å²) < 4.78 is 27.6. The highest BCUT2D eigenvalue weighted by Crippen LogP contribution is 2.47. The second kappa shape index (κ2) is 7.70. The smallest absolute Gasteiger partial charge is 0.245 e. The maximum atomic E-state index is 13.8. The number of nitrogens with zero attached hydrogens (tertiary/aromatic N) is 5. The number of hydrogen-bond acceptors (Lipinski definition) is 6. The first kappa shape index (κ1) is 20.6. The van der Waals surface area contributed by atoms with E-state index in [2.05, 4.69) is 19.9 Å². The molecular formula is C22H25F2N5OS. The van der Waals surface area contributed by atoms with Crippen molar-refractivity contribution in [3.63, 3.8) is 0 Å². The quantitative estimate of drug-likeness (QED) is 0.532. The largest absolute Gasteiger partial charge is 0.356 e. The molecule has 0 unspecified atom stereocenters. The van der Waals surface area contributed by atoms with Crippen LogP contribution in [0.25, 0.3) is 0 Å². The van der Waals surface area contributed by atoms with Crippen LogP contribution in [0.15, 0.2) is 29.6 Å². The predicted molar refractivity (Wildman–Crippen MR) is 115 cm³/mol. The van der Waals surface area contributed by atoms with Crippen molar-refractivity contribution < 1.29 is 13.6 Å². The number of aryl methyl sites for hydroxylation is 1. The Hall–Kier alpha value is -2.26. The summed E-state index contributed by atoms with van der Waals surface area (Å²) in [6, 6.07) is 3.26. The summed E-state index contributed by atoms with van der Waals surface area (Å²) in [5, 5.41) is 4.59. The van der Waals surface area contributed by atoms with Crippen LogP contribution in [0, 0.1) is 24.0 Å². The zero-order valence-corrected chi connectivity index (χ0v) is 18.5. The Morgan fingerprint density at radius 3 is 2.52 bits per heavy atom. The standard InChI is InChI=1S/C22H25F2N5OS/c1-14-12-25-21(31-2)26-19(14)27-7-4-22(5-8-27)13-28-6-3-18(29(28)20(22)30)15-9-16(23)11-17(24)10-15/h9-12,18H,3-8,13H2,1-2H3/t18-/m0/s1. The number of aromatic nitrogens is 2. The Balaban J connectivity index is 1.35. The average Bonchev–Trinajstić information content (AvgIpc) is 3.27. The van der Waals surface area contributed by atoms with Crippen molar-refractivity contribution in [3.05, 3.63) is 47.2 Å². The lowest BCUT2D eigenvalue weighted by Crippen LogP contribution is -2.46. The molecule has 0 saturated carbocycles. The molecule has 3 aliphatic heterocycles. The Morgan fingerprint density at radius 2 is 1.84 bits per heavy atom. The number of halogens is 2. The minimum absolute atomic E-state index is 0.0866. The number of fused-ring (bicyclic) bond motifs is 1. The van der Waals surface area contributed by atoms with Gasteiger partial charge >= 0.3 is 0 Å². The van der Waals surface area contributed by atoms with Gasteiger partial charge in [-0.15, -0.1) is 0 Å². The summed E-state index contributed by atoms with van der Waals surface area (Å²) in [6.07, 6.45) is 5.97. The van der Waals surface area contributed by atoms with Crippen LogP contribution in [0.1, 0.15) is 36.4 Å². The van der Waals surface area contributed by atoms with E-state index in [1.165, 1.54) is 23.9 Å². The molecule has 0 radical (unpaired) electrons. The zero-order valence-electron chi connectivity index (χ0n) is 17.6. The lowest BCUT2D eigenvalue weighted by Gasteiger charge is -2.38. The first-order valence-electron chi connectivity index (χ1n) is 10.6. The molecule has 6 nitrogen and oxygen atoms in total. The summed E-state index contributed by atoms with van der Waals surface area (Å²) in [4.78, 5) is 24.8. The maximum Gasteiger partial charge on any atom is 0.245 e. The third-order valence-corrected chi connectivity index (χ3v) is 7.36. The summed E-state index contributed by atoms with van der Waals surface area (Å²) >= 11 is 1.52. The van der Waals surface area contributed by atoms with E-state index in [-0.39, 0.29) is 11.9 Å². The van der Waals surface area contributed by atoms with Gasteiger partial charge in [-0.2, -0.15) is 0 Å². The van der Waals surface area contributed by atoms with Gasteiger partial charge in [-0.1, -0.05) is 11.8 Å². The number of carbonyl (C=O) groups is 1. The van der Waals surface area contributed by atoms with Gasteiger partial charge in [-0.05, 0) is 50.1 Å². The lowest BCUT2D eigenvalue weighted by molar-refractivity contribution is -0.143. The number of hydrogen-bond donors (Lipinski definition) is 0. The average molecular weight is 446 g/mol. The Morgan fingerprint density at radius 1 is 1.13 bits per heavy atom. The third-order valence-electron chi connectivity index (χ3n) is 6.80. The Labute approximate surface area is 184 Å². The summed E-state index contributed by atoms with van der Waals surface area (Å²) in [7, 11) is 0. The lowest BCUT2D eigenvalue weighted by atomic mass is 9.77. The molecule has 1 amide bonds. The van der Waals surface area contributed by atoms with Crippen LogP contribution < -0.4 is 4.90 Å². The van der Waals surface area contributed by atoms with Crippen molar-refractivity contribution in [2.75, 3.05) is 37.3 Å². The van der Waals surface area contributed by atoms with Crippen LogP contribution in [0.3, 0.4) is 0 Å². The van der Waals surface area contributed by atoms with Crippen LogP contribution in [0.5, 0.6) is 0 Å². The molecule has 5 rings (SSSR count). The van der Waals surface area contributed by atoms with Gasteiger partial charge < -0.3 is 4.90 Å². The second-order valence-corrected chi connectivity index (χ2v) is 9.45. The Bertz CT molecular complexity index is 1010. The van der Waals surface area contributed by atoms with Gasteiger partial charge in [0, 0.05) is 44.0 Å². The maximum absolute atomic E-state index is 13.8. The van der Waals surface area contributed by atoms with Crippen molar-refractivity contribution >= 4 is 23.5 Å². The summed E-state index contributed by atoms with van der Waals surface area (Å²) in [6.45, 7) is 4.90. The molecule has 0 aliphatic carbocycles. The fourth-order valence-electron chi connectivity index (χ4n) is 5.21. The van der Waals surface area contributed by atoms with Crippen molar-refractivity contribution in [2.24, 2.45) is 5.41 Å². The van der Waals surface area contributed by atoms with E-state index < -0.39 is 17.0 Å². The SMILES string of the molecule is CSc1ncc(C)c(N2CCC3(CC2)CN2CC[C@@H](c4cc(F)cc(F)c4)N2C3=O)n1. The van der Waals surface area contributed by atoms with Gasteiger partial charge in [0.05, 0.1) is 11.5 Å². The fourth-order valence-corrected chi connectivity index (χ4v) is 5.55. The van der Waals surface area contributed by atoms with Crippen LogP contribution in [0.4, 0.5) is 14.6 Å². The van der Waals surface area contributed by atoms with Gasteiger partial charge in [0.1, 0.15) is 17.5 Å². The van der Waals surface area contributed by atoms with Crippen LogP contribution in [-0.2, 0) is 4.79 Å². The molecule has 2 aromatic rings. The number of thioether (sulfide) groups is 1. The van der Waals surface area contributed by atoms with Crippen LogP contribution in [0.2, 0.25) is 0 Å². The molecule has 3 fully saturated rings. The normalized spacial score (nSPS) is 23.1. The first-order valence-corrected chi connectivity index (χ1v) is 11.8. The highest BCUT2D eigenvalue weighted by molar-refractivity contribution is 7.98. The minimum Gasteiger partial charge on any atom is -0.356 e. The topological polar surface area (TPSA) is 52.6 Å². The van der Waals surface area contributed by atoms with E-state index in [0.717, 1.165) is 55.1 Å². The van der Waals surface area contributed by atoms with Crippen molar-refractivity contribution in [2.45, 2.75) is 37.4 Å². The highest BCUT2D eigenvalue weighted by Gasteiger charge is 2.56. The molecule has 1 atom stereocenters. The predicted octanol–water partition coefficient (Wildman–Crippen LogP) is 3.58. The van der Waals surface area contributed by atoms with Gasteiger partial charge in [0.25, 0.3) is 0 Å². The minimum atomic E-state index is -0.604. The number of amides is 1. The van der Waals surface area contributed by atoms with E-state index in [9.17, 15) is 13.6 Å². The van der Waals surface area contributed by atoms with E-state index in [1.807, 2.05) is 19.4 Å². The van der Waals surface area contributed by atoms with Crippen LogP contribution in [-0.4, -0.2) is 58.3 Å². The third kappa shape index (κ3) is 3.47. The van der Waals surface area contributed by atoms with Gasteiger partial charge in [0.15, 0.2) is 5.16 Å². The number of anilines is 1. The molecule has 9 heteroatoms. The van der Waals surface area contributed by atoms with Gasteiger partial charge in [-0.25, -0.2) is 23.8 Å². The molecule has 164 valence electrons. The monoisotopic (exact) mass is 445 g/mol. The van der Waals surface area contributed by atoms with E-state index in [0.29, 0.717) is 18.5 Å². The molecule has 3 saturated heterocycles. The van der Waals surface area contributed by atoms with Gasteiger partial charge in [0.2, 0.25) is 5.91 Å². The number of carbonyl (C=O) groups excluding carboxylic acids is 1. The molecule has 4 heterocycles. The van der Waals surface area contributed by atoms with Crippen molar-refractivity contribution in [1.29, 1.82) is 0 Å². The highest BCUT2D eigenvalue weighted by atomic mass is 32.2. The molecular weight excluding hydrogens is 420 g/mol. The van der Waals surface area contributed by atoms with Gasteiger partial charge in [-0.3, -0.25) is 9.80 Å². The van der Waals surface area contributed by atoms with E-state index >= 15 is 0 Å². The summed E-state index contributed by atoms with van der Waals surface area (Å²) in [5.41, 5.74) is 1.12. The zero-order chi connectivity index (χ0) is 21.8. The molecule has 1 spiro atoms. The molecule has 3 aliphatic rings. The summed E-state index contributed by atoms with van der Waals surface area (Å²) in [5.74, 6) is -0.182. The van der Waals surface area contributed by atoms with E-state index in [1.54, 1.807) is 5.01 Å². The number of benzene rings is 1. The molecule has 1 aromatic carbocycles. The number of rotatable bonds is 3. The van der Waals surface area contributed by atoms with Crippen molar-refractivity contribution in [1.82, 2.24) is 20.0 Å². The molecule has 0 bridgehead atoms. The van der Waals surface area contributed by atoms with Crippen molar-refractivity contribution in [3.8, 4) is 0 Å². The fraction of sp³-hybridized carbons (Fsp3) is 0.500. The van der Waals surface area contributed by atoms with Crippen LogP contribution >= 0.6 is 11.8 Å². The number of hydrazine groups is 1. The molecule has 1 aromatic heterocycles. The molecule has 0 N–H and O–H groups in total. The van der Waals surface area contributed by atoms with E-state index in [4.69, 9.17) is 0 Å². The second-order valence-electron chi connectivity index (χ2n) is 8.68. The number of piperidine rings is 1.